The van der Waals surface area contributed by atoms with Crippen molar-refractivity contribution in [1.82, 2.24) is 10.2 Å². The number of hydrogen-bond donors (Lipinski definition) is 1. The highest BCUT2D eigenvalue weighted by Gasteiger charge is 2.24. The van der Waals surface area contributed by atoms with Gasteiger partial charge in [-0.2, -0.15) is 0 Å². The molecule has 1 saturated heterocycles. The zero-order valence-corrected chi connectivity index (χ0v) is 13.1. The number of carbonyl (C=O) groups excluding carboxylic acids is 2. The van der Waals surface area contributed by atoms with E-state index >= 15 is 0 Å². The van der Waals surface area contributed by atoms with Crippen molar-refractivity contribution in [2.75, 3.05) is 20.2 Å². The summed E-state index contributed by atoms with van der Waals surface area (Å²) in [5, 5.41) is 5.10. The summed E-state index contributed by atoms with van der Waals surface area (Å²) in [4.78, 5) is 25.7. The molecule has 2 amide bonds. The van der Waals surface area contributed by atoms with Gasteiger partial charge in [-0.15, -0.1) is 0 Å². The quantitative estimate of drug-likeness (QED) is 0.927. The van der Waals surface area contributed by atoms with Gasteiger partial charge in [0.15, 0.2) is 0 Å². The molecule has 3 rings (SSSR count). The van der Waals surface area contributed by atoms with Gasteiger partial charge in [0, 0.05) is 24.7 Å². The maximum absolute atomic E-state index is 12.6. The van der Waals surface area contributed by atoms with E-state index in [4.69, 9.17) is 4.74 Å². The van der Waals surface area contributed by atoms with E-state index in [-0.39, 0.29) is 18.0 Å². The van der Waals surface area contributed by atoms with Gasteiger partial charge in [-0.25, -0.2) is 4.79 Å². The highest BCUT2D eigenvalue weighted by Crippen LogP contribution is 2.19. The van der Waals surface area contributed by atoms with Crippen LogP contribution < -0.4 is 5.32 Å². The van der Waals surface area contributed by atoms with E-state index in [0.29, 0.717) is 18.7 Å². The number of piperidine rings is 1. The van der Waals surface area contributed by atoms with Gasteiger partial charge >= 0.3 is 6.09 Å². The Hall–Kier alpha value is -2.56. The molecule has 0 unspecified atom stereocenters. The first-order valence-electron chi connectivity index (χ1n) is 7.80. The lowest BCUT2D eigenvalue weighted by atomic mass is 10.0. The first-order chi connectivity index (χ1) is 11.2. The minimum atomic E-state index is -0.302. The van der Waals surface area contributed by atoms with E-state index in [9.17, 15) is 9.59 Å². The molecule has 1 fully saturated rings. The number of methoxy groups -OCH3 is 1. The molecule has 0 saturated carbocycles. The van der Waals surface area contributed by atoms with Crippen LogP contribution in [0.2, 0.25) is 0 Å². The van der Waals surface area contributed by atoms with E-state index in [1.807, 2.05) is 42.5 Å². The monoisotopic (exact) mass is 312 g/mol. The average Bonchev–Trinajstić information content (AvgIpc) is 2.61. The zero-order valence-electron chi connectivity index (χ0n) is 13.1. The molecule has 1 aliphatic rings. The van der Waals surface area contributed by atoms with Crippen LogP contribution in [0, 0.1) is 0 Å². The Morgan fingerprint density at radius 3 is 2.52 bits per heavy atom. The van der Waals surface area contributed by atoms with Crippen molar-refractivity contribution >= 4 is 22.8 Å². The van der Waals surface area contributed by atoms with E-state index in [0.717, 1.165) is 23.6 Å². The van der Waals surface area contributed by atoms with E-state index in [1.165, 1.54) is 7.11 Å². The topological polar surface area (TPSA) is 58.6 Å². The number of rotatable bonds is 2. The standard InChI is InChI=1S/C18H20N2O3/c1-23-18(22)20-11-9-14(10-12-20)19-17(21)16-8-4-6-13-5-2-3-7-15(13)16/h2-8,14H,9-12H2,1H3,(H,19,21). The Balaban J connectivity index is 1.67. The SMILES string of the molecule is COC(=O)N1CCC(NC(=O)c2cccc3ccccc23)CC1. The number of benzene rings is 2. The summed E-state index contributed by atoms with van der Waals surface area (Å²) in [5.41, 5.74) is 0.693. The number of fused-ring (bicyclic) bond motifs is 1. The molecule has 0 bridgehead atoms. The van der Waals surface area contributed by atoms with Gasteiger partial charge in [-0.05, 0) is 29.7 Å². The molecule has 1 heterocycles. The number of nitrogens with one attached hydrogen (secondary N) is 1. The maximum atomic E-state index is 12.6. The molecule has 120 valence electrons. The molecule has 1 N–H and O–H groups in total. The molecular weight excluding hydrogens is 292 g/mol. The van der Waals surface area contributed by atoms with Crippen LogP contribution in [-0.2, 0) is 4.74 Å². The summed E-state index contributed by atoms with van der Waals surface area (Å²) in [5.74, 6) is -0.0571. The summed E-state index contributed by atoms with van der Waals surface area (Å²) in [6, 6.07) is 13.7. The summed E-state index contributed by atoms with van der Waals surface area (Å²) < 4.78 is 4.72. The van der Waals surface area contributed by atoms with Gasteiger partial charge < -0.3 is 15.0 Å². The Morgan fingerprint density at radius 2 is 1.78 bits per heavy atom. The highest BCUT2D eigenvalue weighted by molar-refractivity contribution is 6.07. The molecule has 5 heteroatoms. The van der Waals surface area contributed by atoms with Crippen molar-refractivity contribution in [3.63, 3.8) is 0 Å². The van der Waals surface area contributed by atoms with Gasteiger partial charge in [-0.3, -0.25) is 4.79 Å². The summed E-state index contributed by atoms with van der Waals surface area (Å²) in [7, 11) is 1.39. The van der Waals surface area contributed by atoms with Crippen LogP contribution in [0.25, 0.3) is 10.8 Å². The normalized spacial score (nSPS) is 15.4. The molecule has 0 spiro atoms. The fourth-order valence-corrected chi connectivity index (χ4v) is 3.02. The zero-order chi connectivity index (χ0) is 16.2. The van der Waals surface area contributed by atoms with Crippen molar-refractivity contribution < 1.29 is 14.3 Å². The highest BCUT2D eigenvalue weighted by atomic mass is 16.5. The molecule has 0 aliphatic carbocycles. The third-order valence-electron chi connectivity index (χ3n) is 4.30. The Bertz CT molecular complexity index is 716. The first kappa shape index (κ1) is 15.3. The van der Waals surface area contributed by atoms with Crippen LogP contribution in [0.1, 0.15) is 23.2 Å². The number of carbonyl (C=O) groups is 2. The van der Waals surface area contributed by atoms with Crippen LogP contribution in [-0.4, -0.2) is 43.1 Å². The number of hydrogen-bond acceptors (Lipinski definition) is 3. The van der Waals surface area contributed by atoms with Crippen molar-refractivity contribution in [3.8, 4) is 0 Å². The lowest BCUT2D eigenvalue weighted by Crippen LogP contribution is -2.46. The van der Waals surface area contributed by atoms with E-state index in [2.05, 4.69) is 5.32 Å². The van der Waals surface area contributed by atoms with Crippen molar-refractivity contribution in [2.45, 2.75) is 18.9 Å². The second-order valence-electron chi connectivity index (χ2n) is 5.73. The summed E-state index contributed by atoms with van der Waals surface area (Å²) in [6.45, 7) is 1.21. The smallest absolute Gasteiger partial charge is 0.409 e. The van der Waals surface area contributed by atoms with Crippen molar-refractivity contribution in [3.05, 3.63) is 48.0 Å². The third kappa shape index (κ3) is 3.28. The molecule has 1 aliphatic heterocycles. The number of ether oxygens (including phenoxy) is 1. The number of nitrogens with zero attached hydrogens (tertiary/aromatic N) is 1. The first-order valence-corrected chi connectivity index (χ1v) is 7.80. The predicted octanol–water partition coefficient (Wildman–Crippen LogP) is 2.80. The van der Waals surface area contributed by atoms with Crippen LogP contribution in [0.3, 0.4) is 0 Å². The molecule has 5 nitrogen and oxygen atoms in total. The Kier molecular flexibility index (Phi) is 4.46. The van der Waals surface area contributed by atoms with Crippen molar-refractivity contribution in [2.24, 2.45) is 0 Å². The minimum absolute atomic E-state index is 0.0571. The summed E-state index contributed by atoms with van der Waals surface area (Å²) in [6.07, 6.45) is 1.18. The third-order valence-corrected chi connectivity index (χ3v) is 4.30. The van der Waals surface area contributed by atoms with Crippen LogP contribution in [0.4, 0.5) is 4.79 Å². The predicted molar refractivity (Wildman–Crippen MR) is 88.4 cm³/mol. The number of likely N-dealkylation sites (tertiary alicyclic amines) is 1. The molecule has 0 atom stereocenters. The summed E-state index contributed by atoms with van der Waals surface area (Å²) >= 11 is 0. The van der Waals surface area contributed by atoms with Crippen molar-refractivity contribution in [1.29, 1.82) is 0 Å². The molecular formula is C18H20N2O3. The largest absolute Gasteiger partial charge is 0.453 e. The molecule has 0 aromatic heterocycles. The molecule has 23 heavy (non-hydrogen) atoms. The molecule has 2 aromatic carbocycles. The van der Waals surface area contributed by atoms with E-state index < -0.39 is 0 Å². The number of amides is 2. The second kappa shape index (κ2) is 6.69. The van der Waals surface area contributed by atoms with Gasteiger partial charge in [0.05, 0.1) is 7.11 Å². The fourth-order valence-electron chi connectivity index (χ4n) is 3.02. The van der Waals surface area contributed by atoms with E-state index in [1.54, 1.807) is 4.90 Å². The van der Waals surface area contributed by atoms with Crippen LogP contribution in [0.15, 0.2) is 42.5 Å². The van der Waals surface area contributed by atoms with Gasteiger partial charge in [0.1, 0.15) is 0 Å². The lowest BCUT2D eigenvalue weighted by molar-refractivity contribution is 0.0894. The Morgan fingerprint density at radius 1 is 1.09 bits per heavy atom. The Labute approximate surface area is 135 Å². The second-order valence-corrected chi connectivity index (χ2v) is 5.73. The van der Waals surface area contributed by atoms with Gasteiger partial charge in [-0.1, -0.05) is 36.4 Å². The molecule has 0 radical (unpaired) electrons. The van der Waals surface area contributed by atoms with Gasteiger partial charge in [0.25, 0.3) is 5.91 Å². The maximum Gasteiger partial charge on any atom is 0.409 e. The lowest BCUT2D eigenvalue weighted by Gasteiger charge is -2.31. The van der Waals surface area contributed by atoms with Crippen LogP contribution in [0.5, 0.6) is 0 Å². The minimum Gasteiger partial charge on any atom is -0.453 e. The van der Waals surface area contributed by atoms with Crippen LogP contribution >= 0.6 is 0 Å². The average molecular weight is 312 g/mol. The fraction of sp³-hybridized carbons (Fsp3) is 0.333. The molecule has 2 aromatic rings. The van der Waals surface area contributed by atoms with Gasteiger partial charge in [0.2, 0.25) is 0 Å².